The third-order valence-corrected chi connectivity index (χ3v) is 5.02. The van der Waals surface area contributed by atoms with Crippen molar-refractivity contribution in [3.8, 4) is 22.4 Å². The van der Waals surface area contributed by atoms with Gasteiger partial charge in [0.25, 0.3) is 0 Å². The van der Waals surface area contributed by atoms with Crippen LogP contribution in [-0.4, -0.2) is 27.2 Å². The van der Waals surface area contributed by atoms with Crippen LogP contribution >= 0.6 is 0 Å². The fraction of sp³-hybridized carbons (Fsp3) is 0.273. The van der Waals surface area contributed by atoms with E-state index in [1.165, 1.54) is 6.20 Å². The number of halogens is 1. The summed E-state index contributed by atoms with van der Waals surface area (Å²) < 4.78 is 14.4. The molecule has 0 atom stereocenters. The minimum Gasteiger partial charge on any atom is -0.393 e. The summed E-state index contributed by atoms with van der Waals surface area (Å²) in [5, 5.41) is 12.9. The summed E-state index contributed by atoms with van der Waals surface area (Å²) in [5.74, 6) is -0.0114. The average Bonchev–Trinajstić information content (AvgIpc) is 2.72. The Hall–Kier alpha value is -2.79. The van der Waals surface area contributed by atoms with Gasteiger partial charge in [-0.05, 0) is 42.9 Å². The summed E-state index contributed by atoms with van der Waals surface area (Å²) in [4.78, 5) is 8.53. The molecule has 138 valence electrons. The second-order valence-corrected chi connectivity index (χ2v) is 6.99. The number of hydrogen-bond donors (Lipinski definition) is 2. The Morgan fingerprint density at radius 2 is 1.59 bits per heavy atom. The molecule has 2 N–H and O–H groups in total. The van der Waals surface area contributed by atoms with E-state index in [0.717, 1.165) is 42.4 Å². The molecule has 1 aliphatic rings. The Kier molecular flexibility index (Phi) is 5.12. The van der Waals surface area contributed by atoms with E-state index >= 15 is 0 Å². The fourth-order valence-corrected chi connectivity index (χ4v) is 3.52. The maximum Gasteiger partial charge on any atom is 0.223 e. The number of nitrogens with one attached hydrogen (secondary N) is 1. The molecule has 4 rings (SSSR count). The predicted molar refractivity (Wildman–Crippen MR) is 105 cm³/mol. The topological polar surface area (TPSA) is 58.0 Å². The quantitative estimate of drug-likeness (QED) is 0.707. The highest BCUT2D eigenvalue weighted by Gasteiger charge is 2.20. The van der Waals surface area contributed by atoms with Gasteiger partial charge in [0.05, 0.1) is 12.3 Å². The molecule has 1 aromatic heterocycles. The zero-order valence-electron chi connectivity index (χ0n) is 15.0. The van der Waals surface area contributed by atoms with E-state index in [-0.39, 0.29) is 12.1 Å². The summed E-state index contributed by atoms with van der Waals surface area (Å²) in [5.41, 5.74) is 3.11. The first-order valence-corrected chi connectivity index (χ1v) is 9.32. The van der Waals surface area contributed by atoms with E-state index in [1.54, 1.807) is 0 Å². The highest BCUT2D eigenvalue weighted by molar-refractivity contribution is 5.71. The Balaban J connectivity index is 1.60. The molecule has 3 aromatic rings. The smallest absolute Gasteiger partial charge is 0.223 e. The van der Waals surface area contributed by atoms with Crippen LogP contribution in [-0.2, 0) is 0 Å². The van der Waals surface area contributed by atoms with Gasteiger partial charge in [-0.1, -0.05) is 48.5 Å². The molecular formula is C22H22FN3O. The second kappa shape index (κ2) is 7.84. The van der Waals surface area contributed by atoms with Crippen LogP contribution in [0.15, 0.2) is 60.8 Å². The number of rotatable bonds is 4. The van der Waals surface area contributed by atoms with Gasteiger partial charge in [0.15, 0.2) is 5.82 Å². The Morgan fingerprint density at radius 1 is 0.889 bits per heavy atom. The molecule has 1 aliphatic carbocycles. The van der Waals surface area contributed by atoms with Crippen LogP contribution in [0.1, 0.15) is 25.7 Å². The average molecular weight is 363 g/mol. The number of aliphatic hydroxyl groups is 1. The van der Waals surface area contributed by atoms with Crippen molar-refractivity contribution in [1.29, 1.82) is 0 Å². The molecule has 4 nitrogen and oxygen atoms in total. The first-order valence-electron chi connectivity index (χ1n) is 9.32. The first kappa shape index (κ1) is 17.6. The highest BCUT2D eigenvalue weighted by Crippen LogP contribution is 2.28. The van der Waals surface area contributed by atoms with Gasteiger partial charge < -0.3 is 10.4 Å². The van der Waals surface area contributed by atoms with Gasteiger partial charge in [0.1, 0.15) is 5.69 Å². The van der Waals surface area contributed by atoms with E-state index in [0.29, 0.717) is 11.6 Å². The maximum absolute atomic E-state index is 14.4. The third-order valence-electron chi connectivity index (χ3n) is 5.02. The standard InChI is InChI=1S/C22H22FN3O/c23-20-14-24-22(25-18-9-11-19(27)12-10-18)26-21(20)17-8-4-7-16(13-17)15-5-2-1-3-6-15/h1-8,13-14,18-19,27H,9-12H2,(H,24,25,26). The number of nitrogens with zero attached hydrogens (tertiary/aromatic N) is 2. The predicted octanol–water partition coefficient (Wildman–Crippen LogP) is 4.67. The Morgan fingerprint density at radius 3 is 2.37 bits per heavy atom. The molecule has 0 aliphatic heterocycles. The lowest BCUT2D eigenvalue weighted by atomic mass is 9.93. The Bertz CT molecular complexity index is 908. The normalized spacial score (nSPS) is 19.6. The van der Waals surface area contributed by atoms with Gasteiger partial charge in [-0.3, -0.25) is 0 Å². The molecule has 27 heavy (non-hydrogen) atoms. The van der Waals surface area contributed by atoms with Crippen molar-refractivity contribution in [2.24, 2.45) is 0 Å². The zero-order chi connectivity index (χ0) is 18.6. The van der Waals surface area contributed by atoms with E-state index in [4.69, 9.17) is 0 Å². The lowest BCUT2D eigenvalue weighted by Gasteiger charge is -2.26. The number of aliphatic hydroxyl groups excluding tert-OH is 1. The molecule has 0 spiro atoms. The minimum absolute atomic E-state index is 0.211. The van der Waals surface area contributed by atoms with Crippen LogP contribution in [0, 0.1) is 5.82 Å². The molecule has 0 bridgehead atoms. The summed E-state index contributed by atoms with van der Waals surface area (Å²) in [6.07, 6.45) is 4.27. The number of aromatic nitrogens is 2. The number of anilines is 1. The molecule has 0 amide bonds. The molecule has 2 aromatic carbocycles. The lowest BCUT2D eigenvalue weighted by Crippen LogP contribution is -2.29. The molecule has 1 heterocycles. The second-order valence-electron chi connectivity index (χ2n) is 6.99. The van der Waals surface area contributed by atoms with Gasteiger partial charge in [-0.15, -0.1) is 0 Å². The van der Waals surface area contributed by atoms with Crippen molar-refractivity contribution in [2.45, 2.75) is 37.8 Å². The van der Waals surface area contributed by atoms with Crippen molar-refractivity contribution >= 4 is 5.95 Å². The van der Waals surface area contributed by atoms with Crippen LogP contribution in [0.2, 0.25) is 0 Å². The summed E-state index contributed by atoms with van der Waals surface area (Å²) in [6.45, 7) is 0. The van der Waals surface area contributed by atoms with Crippen molar-refractivity contribution < 1.29 is 9.50 Å². The largest absolute Gasteiger partial charge is 0.393 e. The monoisotopic (exact) mass is 363 g/mol. The molecule has 0 radical (unpaired) electrons. The first-order chi connectivity index (χ1) is 13.2. The van der Waals surface area contributed by atoms with E-state index in [1.807, 2.05) is 54.6 Å². The summed E-state index contributed by atoms with van der Waals surface area (Å²) in [7, 11) is 0. The van der Waals surface area contributed by atoms with Crippen LogP contribution in [0.3, 0.4) is 0 Å². The Labute approximate surface area is 158 Å². The van der Waals surface area contributed by atoms with Gasteiger partial charge in [0, 0.05) is 11.6 Å². The summed E-state index contributed by atoms with van der Waals surface area (Å²) >= 11 is 0. The van der Waals surface area contributed by atoms with Crippen LogP contribution < -0.4 is 5.32 Å². The van der Waals surface area contributed by atoms with Crippen LogP contribution in [0.25, 0.3) is 22.4 Å². The minimum atomic E-state index is -0.440. The SMILES string of the molecule is OC1CCC(Nc2ncc(F)c(-c3cccc(-c4ccccc4)c3)n2)CC1. The number of benzene rings is 2. The molecule has 1 saturated carbocycles. The van der Waals surface area contributed by atoms with Crippen molar-refractivity contribution in [3.05, 3.63) is 66.6 Å². The third kappa shape index (κ3) is 4.14. The number of hydrogen-bond acceptors (Lipinski definition) is 4. The van der Waals surface area contributed by atoms with Gasteiger partial charge in [0.2, 0.25) is 5.95 Å². The molecule has 5 heteroatoms. The van der Waals surface area contributed by atoms with Crippen molar-refractivity contribution in [2.75, 3.05) is 5.32 Å². The van der Waals surface area contributed by atoms with E-state index in [2.05, 4.69) is 15.3 Å². The molecule has 1 fully saturated rings. The van der Waals surface area contributed by atoms with Crippen molar-refractivity contribution in [1.82, 2.24) is 9.97 Å². The van der Waals surface area contributed by atoms with Gasteiger partial charge in [-0.2, -0.15) is 0 Å². The molecular weight excluding hydrogens is 341 g/mol. The van der Waals surface area contributed by atoms with Crippen molar-refractivity contribution in [3.63, 3.8) is 0 Å². The van der Waals surface area contributed by atoms with Crippen LogP contribution in [0.4, 0.5) is 10.3 Å². The lowest BCUT2D eigenvalue weighted by molar-refractivity contribution is 0.126. The molecule has 0 saturated heterocycles. The van der Waals surface area contributed by atoms with Gasteiger partial charge in [-0.25, -0.2) is 14.4 Å². The summed E-state index contributed by atoms with van der Waals surface area (Å²) in [6, 6.07) is 17.9. The highest BCUT2D eigenvalue weighted by atomic mass is 19.1. The fourth-order valence-electron chi connectivity index (χ4n) is 3.52. The van der Waals surface area contributed by atoms with E-state index < -0.39 is 5.82 Å². The van der Waals surface area contributed by atoms with Crippen LogP contribution in [0.5, 0.6) is 0 Å². The molecule has 0 unspecified atom stereocenters. The van der Waals surface area contributed by atoms with Gasteiger partial charge >= 0.3 is 0 Å². The van der Waals surface area contributed by atoms with E-state index in [9.17, 15) is 9.50 Å². The zero-order valence-corrected chi connectivity index (χ0v) is 15.0. The maximum atomic E-state index is 14.4.